The molecule has 23 heavy (non-hydrogen) atoms. The Hall–Kier alpha value is -2.30. The first-order valence-corrected chi connectivity index (χ1v) is 7.64. The van der Waals surface area contributed by atoms with Gasteiger partial charge in [0.05, 0.1) is 7.11 Å². The van der Waals surface area contributed by atoms with Crippen molar-refractivity contribution < 1.29 is 19.1 Å². The van der Waals surface area contributed by atoms with E-state index in [9.17, 15) is 9.59 Å². The van der Waals surface area contributed by atoms with Crippen LogP contribution >= 0.6 is 0 Å². The minimum Gasteiger partial charge on any atom is -0.466 e. The third-order valence-corrected chi connectivity index (χ3v) is 3.51. The van der Waals surface area contributed by atoms with E-state index in [4.69, 9.17) is 4.74 Å². The molecule has 0 aromatic heterocycles. The summed E-state index contributed by atoms with van der Waals surface area (Å²) in [5.41, 5.74) is 2.71. The lowest BCUT2D eigenvalue weighted by atomic mass is 9.97. The Bertz CT molecular complexity index is 628. The normalized spacial score (nSPS) is 14.5. The molecule has 0 unspecified atom stereocenters. The van der Waals surface area contributed by atoms with Crippen LogP contribution in [-0.4, -0.2) is 36.2 Å². The van der Waals surface area contributed by atoms with Crippen LogP contribution in [0.15, 0.2) is 24.3 Å². The SMILES string of the molecule is COC(=O)/C=C/c1ccc2c(c1)CN(C(=O)OC(C)(C)C)CC2. The van der Waals surface area contributed by atoms with Crippen molar-refractivity contribution >= 4 is 18.1 Å². The van der Waals surface area contributed by atoms with Gasteiger partial charge >= 0.3 is 12.1 Å². The number of carbonyl (C=O) groups excluding carboxylic acids is 2. The number of nitrogens with zero attached hydrogens (tertiary/aromatic N) is 1. The second-order valence-electron chi connectivity index (χ2n) is 6.54. The summed E-state index contributed by atoms with van der Waals surface area (Å²) in [6.07, 6.45) is 3.60. The van der Waals surface area contributed by atoms with Crippen LogP contribution in [-0.2, 0) is 27.2 Å². The molecule has 124 valence electrons. The zero-order chi connectivity index (χ0) is 17.0. The zero-order valence-corrected chi connectivity index (χ0v) is 14.1. The fourth-order valence-corrected chi connectivity index (χ4v) is 2.40. The van der Waals surface area contributed by atoms with E-state index in [1.807, 2.05) is 39.0 Å². The Morgan fingerprint density at radius 3 is 2.61 bits per heavy atom. The number of methoxy groups -OCH3 is 1. The molecule has 0 fully saturated rings. The van der Waals surface area contributed by atoms with E-state index < -0.39 is 11.6 Å². The summed E-state index contributed by atoms with van der Waals surface area (Å²) in [5, 5.41) is 0. The summed E-state index contributed by atoms with van der Waals surface area (Å²) in [6, 6.07) is 5.99. The van der Waals surface area contributed by atoms with Crippen LogP contribution in [0.4, 0.5) is 4.79 Å². The van der Waals surface area contributed by atoms with Crippen LogP contribution in [0.3, 0.4) is 0 Å². The quantitative estimate of drug-likeness (QED) is 0.621. The molecule has 1 aliphatic rings. The highest BCUT2D eigenvalue weighted by atomic mass is 16.6. The Kier molecular flexibility index (Phi) is 5.08. The molecular weight excluding hydrogens is 294 g/mol. The van der Waals surface area contributed by atoms with E-state index in [2.05, 4.69) is 4.74 Å². The average Bonchev–Trinajstić information content (AvgIpc) is 2.50. The first-order chi connectivity index (χ1) is 10.8. The van der Waals surface area contributed by atoms with Gasteiger partial charge in [-0.3, -0.25) is 0 Å². The third-order valence-electron chi connectivity index (χ3n) is 3.51. The lowest BCUT2D eigenvalue weighted by Gasteiger charge is -2.31. The van der Waals surface area contributed by atoms with Crippen molar-refractivity contribution in [2.24, 2.45) is 0 Å². The predicted molar refractivity (Wildman–Crippen MR) is 87.8 cm³/mol. The number of fused-ring (bicyclic) bond motifs is 1. The molecule has 0 spiro atoms. The van der Waals surface area contributed by atoms with Gasteiger partial charge in [-0.05, 0) is 56.0 Å². The first-order valence-electron chi connectivity index (χ1n) is 7.64. The lowest BCUT2D eigenvalue weighted by molar-refractivity contribution is -0.134. The van der Waals surface area contributed by atoms with Crippen molar-refractivity contribution in [3.05, 3.63) is 41.0 Å². The molecule has 0 radical (unpaired) electrons. The van der Waals surface area contributed by atoms with Crippen LogP contribution in [0.1, 0.15) is 37.5 Å². The van der Waals surface area contributed by atoms with E-state index in [0.29, 0.717) is 13.1 Å². The molecule has 0 atom stereocenters. The number of rotatable bonds is 2. The van der Waals surface area contributed by atoms with Crippen LogP contribution in [0, 0.1) is 0 Å². The van der Waals surface area contributed by atoms with E-state index in [1.54, 1.807) is 11.0 Å². The molecule has 1 aromatic rings. The van der Waals surface area contributed by atoms with E-state index in [-0.39, 0.29) is 6.09 Å². The minimum absolute atomic E-state index is 0.293. The Labute approximate surface area is 136 Å². The monoisotopic (exact) mass is 317 g/mol. The fraction of sp³-hybridized carbons (Fsp3) is 0.444. The van der Waals surface area contributed by atoms with Gasteiger partial charge in [0, 0.05) is 19.2 Å². The maximum absolute atomic E-state index is 12.2. The van der Waals surface area contributed by atoms with Gasteiger partial charge in [0.25, 0.3) is 0 Å². The molecule has 1 amide bonds. The van der Waals surface area contributed by atoms with E-state index in [1.165, 1.54) is 18.7 Å². The third kappa shape index (κ3) is 4.84. The van der Waals surface area contributed by atoms with Gasteiger partial charge < -0.3 is 14.4 Å². The summed E-state index contributed by atoms with van der Waals surface area (Å²) in [4.78, 5) is 25.1. The predicted octanol–water partition coefficient (Wildman–Crippen LogP) is 3.17. The number of benzene rings is 1. The molecule has 0 aliphatic carbocycles. The molecular formula is C18H23NO4. The smallest absolute Gasteiger partial charge is 0.410 e. The summed E-state index contributed by atoms with van der Waals surface area (Å²) in [5.74, 6) is -0.391. The Morgan fingerprint density at radius 1 is 1.22 bits per heavy atom. The highest BCUT2D eigenvalue weighted by molar-refractivity contribution is 5.87. The molecule has 5 nitrogen and oxygen atoms in total. The van der Waals surface area contributed by atoms with Gasteiger partial charge in [-0.1, -0.05) is 12.1 Å². The molecule has 1 aromatic carbocycles. The molecule has 0 saturated heterocycles. The number of esters is 1. The van der Waals surface area contributed by atoms with Crippen LogP contribution in [0.5, 0.6) is 0 Å². The maximum atomic E-state index is 12.2. The van der Waals surface area contributed by atoms with Crippen molar-refractivity contribution in [1.82, 2.24) is 4.90 Å². The largest absolute Gasteiger partial charge is 0.466 e. The summed E-state index contributed by atoms with van der Waals surface area (Å²) in [6.45, 7) is 6.75. The zero-order valence-electron chi connectivity index (χ0n) is 14.1. The van der Waals surface area contributed by atoms with Crippen molar-refractivity contribution in [3.8, 4) is 0 Å². The number of hydrogen-bond acceptors (Lipinski definition) is 4. The van der Waals surface area contributed by atoms with Crippen LogP contribution in [0.25, 0.3) is 6.08 Å². The summed E-state index contributed by atoms with van der Waals surface area (Å²) >= 11 is 0. The van der Waals surface area contributed by atoms with Crippen molar-refractivity contribution in [2.75, 3.05) is 13.7 Å². The maximum Gasteiger partial charge on any atom is 0.410 e. The Morgan fingerprint density at radius 2 is 1.96 bits per heavy atom. The second-order valence-corrected chi connectivity index (χ2v) is 6.54. The van der Waals surface area contributed by atoms with Crippen molar-refractivity contribution in [3.63, 3.8) is 0 Å². The van der Waals surface area contributed by atoms with Gasteiger partial charge in [0.15, 0.2) is 0 Å². The molecule has 1 heterocycles. The van der Waals surface area contributed by atoms with E-state index in [0.717, 1.165) is 17.5 Å². The lowest BCUT2D eigenvalue weighted by Crippen LogP contribution is -2.39. The first kappa shape index (κ1) is 17.1. The molecule has 0 N–H and O–H groups in total. The van der Waals surface area contributed by atoms with Gasteiger partial charge in [0.1, 0.15) is 5.60 Å². The number of amides is 1. The molecule has 0 bridgehead atoms. The fourth-order valence-electron chi connectivity index (χ4n) is 2.40. The highest BCUT2D eigenvalue weighted by Gasteiger charge is 2.25. The van der Waals surface area contributed by atoms with Gasteiger partial charge in [0.2, 0.25) is 0 Å². The second kappa shape index (κ2) is 6.86. The van der Waals surface area contributed by atoms with E-state index >= 15 is 0 Å². The molecule has 5 heteroatoms. The number of carbonyl (C=O) groups is 2. The summed E-state index contributed by atoms with van der Waals surface area (Å²) < 4.78 is 10.0. The topological polar surface area (TPSA) is 55.8 Å². The average molecular weight is 317 g/mol. The number of hydrogen-bond donors (Lipinski definition) is 0. The van der Waals surface area contributed by atoms with Crippen molar-refractivity contribution in [2.45, 2.75) is 39.3 Å². The standard InChI is InChI=1S/C18H23NO4/c1-18(2,3)23-17(21)19-10-9-14-7-5-13(11-15(14)12-19)6-8-16(20)22-4/h5-8,11H,9-10,12H2,1-4H3/b8-6+. The van der Waals surface area contributed by atoms with Crippen molar-refractivity contribution in [1.29, 1.82) is 0 Å². The molecule has 1 aliphatic heterocycles. The van der Waals surface area contributed by atoms with Gasteiger partial charge in [-0.15, -0.1) is 0 Å². The Balaban J connectivity index is 2.11. The highest BCUT2D eigenvalue weighted by Crippen LogP contribution is 2.22. The van der Waals surface area contributed by atoms with Crippen LogP contribution in [0.2, 0.25) is 0 Å². The number of ether oxygens (including phenoxy) is 2. The molecule has 2 rings (SSSR count). The minimum atomic E-state index is -0.498. The summed E-state index contributed by atoms with van der Waals surface area (Å²) in [7, 11) is 1.35. The van der Waals surface area contributed by atoms with Crippen LogP contribution < -0.4 is 0 Å². The van der Waals surface area contributed by atoms with Gasteiger partial charge in [-0.25, -0.2) is 9.59 Å². The van der Waals surface area contributed by atoms with Gasteiger partial charge in [-0.2, -0.15) is 0 Å². The molecule has 0 saturated carbocycles.